The number of hydrogen-bond donors (Lipinski definition) is 1. The highest BCUT2D eigenvalue weighted by Gasteiger charge is 2.45. The lowest BCUT2D eigenvalue weighted by Gasteiger charge is -2.37. The van der Waals surface area contributed by atoms with Gasteiger partial charge in [0, 0.05) is 6.26 Å². The summed E-state index contributed by atoms with van der Waals surface area (Å²) in [5.41, 5.74) is -0.846. The molecule has 9 heteroatoms. The third-order valence-electron chi connectivity index (χ3n) is 3.21. The maximum atomic E-state index is 11.2. The van der Waals surface area contributed by atoms with Crippen LogP contribution in [0.4, 0.5) is 0 Å². The Morgan fingerprint density at radius 2 is 2.17 bits per heavy atom. The molecule has 0 saturated heterocycles. The van der Waals surface area contributed by atoms with Crippen molar-refractivity contribution in [2.75, 3.05) is 6.26 Å². The molecule has 8 nitrogen and oxygen atoms in total. The number of carbonyl (C=O) groups is 1. The van der Waals surface area contributed by atoms with Crippen LogP contribution in [0.25, 0.3) is 0 Å². The van der Waals surface area contributed by atoms with Crippen molar-refractivity contribution in [3.05, 3.63) is 5.82 Å². The summed E-state index contributed by atoms with van der Waals surface area (Å²) in [6.07, 6.45) is 3.08. The van der Waals surface area contributed by atoms with E-state index in [1.807, 2.05) is 0 Å². The number of carboxylic acid groups (broad SMARTS) is 1. The molecule has 18 heavy (non-hydrogen) atoms. The number of tetrazole rings is 1. The number of hydrogen-bond acceptors (Lipinski definition) is 6. The summed E-state index contributed by atoms with van der Waals surface area (Å²) in [6.45, 7) is 0.125. The van der Waals surface area contributed by atoms with Gasteiger partial charge in [-0.25, -0.2) is 13.1 Å². The zero-order valence-electron chi connectivity index (χ0n) is 9.90. The largest absolute Gasteiger partial charge is 0.481 e. The van der Waals surface area contributed by atoms with Crippen molar-refractivity contribution in [1.29, 1.82) is 0 Å². The van der Waals surface area contributed by atoms with Gasteiger partial charge >= 0.3 is 5.97 Å². The Labute approximate surface area is 104 Å². The van der Waals surface area contributed by atoms with Crippen molar-refractivity contribution in [3.63, 3.8) is 0 Å². The van der Waals surface area contributed by atoms with E-state index in [2.05, 4.69) is 15.5 Å². The van der Waals surface area contributed by atoms with Crippen molar-refractivity contribution in [2.45, 2.75) is 31.6 Å². The highest BCUT2D eigenvalue weighted by atomic mass is 32.2. The van der Waals surface area contributed by atoms with E-state index >= 15 is 0 Å². The topological polar surface area (TPSA) is 115 Å². The number of aliphatic carboxylic acids is 1. The number of rotatable bonds is 5. The van der Waals surface area contributed by atoms with Gasteiger partial charge in [-0.05, 0) is 23.3 Å². The summed E-state index contributed by atoms with van der Waals surface area (Å²) in [4.78, 5) is 11.2. The number of aromatic nitrogens is 4. The van der Waals surface area contributed by atoms with Gasteiger partial charge in [0.1, 0.15) is 5.75 Å². The molecule has 1 aromatic heterocycles. The molecule has 0 unspecified atom stereocenters. The van der Waals surface area contributed by atoms with E-state index in [-0.39, 0.29) is 18.1 Å². The summed E-state index contributed by atoms with van der Waals surface area (Å²) in [6, 6.07) is 0. The van der Waals surface area contributed by atoms with E-state index in [4.69, 9.17) is 0 Å². The molecular weight excluding hydrogens is 260 g/mol. The highest BCUT2D eigenvalue weighted by molar-refractivity contribution is 7.89. The SMILES string of the molecule is CS(=O)(=O)Cc1nnnn1CC1(C(=O)O)CCC1. The van der Waals surface area contributed by atoms with Crippen LogP contribution in [0.15, 0.2) is 0 Å². The molecule has 1 N–H and O–H groups in total. The van der Waals surface area contributed by atoms with Gasteiger partial charge in [0.05, 0.1) is 12.0 Å². The van der Waals surface area contributed by atoms with Crippen LogP contribution in [0.3, 0.4) is 0 Å². The monoisotopic (exact) mass is 274 g/mol. The Balaban J connectivity index is 2.20. The first-order chi connectivity index (χ1) is 8.32. The summed E-state index contributed by atoms with van der Waals surface area (Å²) in [5, 5.41) is 19.9. The molecule has 1 heterocycles. The minimum Gasteiger partial charge on any atom is -0.481 e. The van der Waals surface area contributed by atoms with Crippen molar-refractivity contribution >= 4 is 15.8 Å². The second kappa shape index (κ2) is 4.30. The molecule has 1 aromatic rings. The number of nitrogens with zero attached hydrogens (tertiary/aromatic N) is 4. The fourth-order valence-corrected chi connectivity index (χ4v) is 2.69. The van der Waals surface area contributed by atoms with E-state index in [0.717, 1.165) is 12.7 Å². The van der Waals surface area contributed by atoms with Gasteiger partial charge in [-0.15, -0.1) is 5.10 Å². The standard InChI is InChI=1S/C9H14N4O4S/c1-18(16,17)5-7-10-11-12-13(7)6-9(8(14)15)3-2-4-9/h2-6H2,1H3,(H,14,15). The molecule has 1 saturated carbocycles. The van der Waals surface area contributed by atoms with E-state index in [1.54, 1.807) is 0 Å². The molecule has 0 atom stereocenters. The van der Waals surface area contributed by atoms with Gasteiger partial charge < -0.3 is 5.11 Å². The molecule has 1 fully saturated rings. The Kier molecular flexibility index (Phi) is 3.09. The molecule has 0 aromatic carbocycles. The first kappa shape index (κ1) is 12.9. The van der Waals surface area contributed by atoms with Crippen molar-refractivity contribution in [1.82, 2.24) is 20.2 Å². The fraction of sp³-hybridized carbons (Fsp3) is 0.778. The zero-order chi connectivity index (χ0) is 13.4. The van der Waals surface area contributed by atoms with Crippen LogP contribution in [0.1, 0.15) is 25.1 Å². The molecule has 2 rings (SSSR count). The van der Waals surface area contributed by atoms with Gasteiger partial charge in [-0.1, -0.05) is 6.42 Å². The van der Waals surface area contributed by atoms with Crippen LogP contribution in [0, 0.1) is 5.41 Å². The first-order valence-electron chi connectivity index (χ1n) is 5.49. The quantitative estimate of drug-likeness (QED) is 0.767. The number of carboxylic acids is 1. The molecule has 1 aliphatic rings. The van der Waals surface area contributed by atoms with Crippen LogP contribution < -0.4 is 0 Å². The third-order valence-corrected chi connectivity index (χ3v) is 4.00. The van der Waals surface area contributed by atoms with E-state index in [1.165, 1.54) is 4.68 Å². The minimum atomic E-state index is -3.24. The van der Waals surface area contributed by atoms with Crippen molar-refractivity contribution in [3.8, 4) is 0 Å². The van der Waals surface area contributed by atoms with Crippen LogP contribution >= 0.6 is 0 Å². The molecule has 100 valence electrons. The highest BCUT2D eigenvalue weighted by Crippen LogP contribution is 2.42. The Hall–Kier alpha value is -1.51. The first-order valence-corrected chi connectivity index (χ1v) is 7.55. The van der Waals surface area contributed by atoms with E-state index in [0.29, 0.717) is 12.8 Å². The lowest BCUT2D eigenvalue weighted by molar-refractivity contribution is -0.156. The molecule has 0 aliphatic heterocycles. The third kappa shape index (κ3) is 2.50. The lowest BCUT2D eigenvalue weighted by Crippen LogP contribution is -2.42. The van der Waals surface area contributed by atoms with E-state index < -0.39 is 21.2 Å². The van der Waals surface area contributed by atoms with E-state index in [9.17, 15) is 18.3 Å². The molecule has 1 aliphatic carbocycles. The average Bonchev–Trinajstić information content (AvgIpc) is 2.55. The Morgan fingerprint density at radius 1 is 1.50 bits per heavy atom. The Morgan fingerprint density at radius 3 is 2.61 bits per heavy atom. The zero-order valence-corrected chi connectivity index (χ0v) is 10.7. The molecule has 0 bridgehead atoms. The maximum absolute atomic E-state index is 11.2. The summed E-state index contributed by atoms with van der Waals surface area (Å²) in [7, 11) is -3.24. The summed E-state index contributed by atoms with van der Waals surface area (Å²) >= 11 is 0. The molecule has 0 amide bonds. The fourth-order valence-electron chi connectivity index (χ4n) is 2.01. The van der Waals surface area contributed by atoms with Crippen LogP contribution in [-0.4, -0.2) is 46.0 Å². The van der Waals surface area contributed by atoms with Crippen LogP contribution in [0.5, 0.6) is 0 Å². The second-order valence-electron chi connectivity index (χ2n) is 4.76. The Bertz CT molecular complexity index is 561. The summed E-state index contributed by atoms with van der Waals surface area (Å²) < 4.78 is 23.7. The maximum Gasteiger partial charge on any atom is 0.311 e. The predicted octanol–water partition coefficient (Wildman–Crippen LogP) is -0.527. The predicted molar refractivity (Wildman–Crippen MR) is 60.3 cm³/mol. The van der Waals surface area contributed by atoms with Gasteiger partial charge in [0.25, 0.3) is 0 Å². The smallest absolute Gasteiger partial charge is 0.311 e. The van der Waals surface area contributed by atoms with Crippen molar-refractivity contribution < 1.29 is 18.3 Å². The van der Waals surface area contributed by atoms with Crippen molar-refractivity contribution in [2.24, 2.45) is 5.41 Å². The second-order valence-corrected chi connectivity index (χ2v) is 6.90. The normalized spacial score (nSPS) is 18.3. The van der Waals surface area contributed by atoms with Crippen LogP contribution in [-0.2, 0) is 26.9 Å². The van der Waals surface area contributed by atoms with Crippen LogP contribution in [0.2, 0.25) is 0 Å². The van der Waals surface area contributed by atoms with Gasteiger partial charge in [-0.3, -0.25) is 4.79 Å². The number of sulfone groups is 1. The molecule has 0 spiro atoms. The average molecular weight is 274 g/mol. The van der Waals surface area contributed by atoms with Gasteiger partial charge in [0.15, 0.2) is 15.7 Å². The van der Waals surface area contributed by atoms with Gasteiger partial charge in [0.2, 0.25) is 0 Å². The minimum absolute atomic E-state index is 0.125. The van der Waals surface area contributed by atoms with Gasteiger partial charge in [-0.2, -0.15) is 0 Å². The molecular formula is C9H14N4O4S. The molecule has 0 radical (unpaired) electrons. The summed E-state index contributed by atoms with van der Waals surface area (Å²) in [5.74, 6) is -0.977. The lowest BCUT2D eigenvalue weighted by atomic mass is 9.69.